The van der Waals surface area contributed by atoms with Crippen LogP contribution in [0.25, 0.3) is 60.9 Å². The summed E-state index contributed by atoms with van der Waals surface area (Å²) in [7, 11) is 0. The number of nitrogens with zero attached hydrogens (tertiary/aromatic N) is 4. The number of carbonyl (C=O) groups is 2. The molecule has 2 amide bonds. The molecule has 0 unspecified atom stereocenters. The van der Waals surface area contributed by atoms with E-state index in [1.807, 2.05) is 109 Å². The zero-order chi connectivity index (χ0) is 32.2. The number of rotatable bonds is 5. The zero-order valence-electron chi connectivity index (χ0n) is 25.6. The molecule has 0 saturated heterocycles. The molecule has 0 spiro atoms. The van der Waals surface area contributed by atoms with Gasteiger partial charge in [-0.3, -0.25) is 9.59 Å². The van der Waals surface area contributed by atoms with Gasteiger partial charge in [-0.25, -0.2) is 14.9 Å². The third-order valence-electron chi connectivity index (χ3n) is 9.09. The van der Waals surface area contributed by atoms with Crippen molar-refractivity contribution in [3.8, 4) is 39.1 Å². The molecule has 226 valence electrons. The van der Waals surface area contributed by atoms with Gasteiger partial charge in [0.1, 0.15) is 6.33 Å². The molecule has 0 radical (unpaired) electrons. The third kappa shape index (κ3) is 4.27. The number of carbonyl (C=O) groups excluding carboxylic acids is 2. The molecule has 48 heavy (non-hydrogen) atoms. The second-order valence-electron chi connectivity index (χ2n) is 11.8. The maximum atomic E-state index is 14.7. The van der Waals surface area contributed by atoms with Crippen molar-refractivity contribution in [1.82, 2.24) is 14.5 Å². The van der Waals surface area contributed by atoms with Gasteiger partial charge in [-0.1, -0.05) is 103 Å². The van der Waals surface area contributed by atoms with E-state index in [2.05, 4.69) is 38.8 Å². The minimum atomic E-state index is -0.360. The molecular formula is C42H26N4O2. The first-order valence-corrected chi connectivity index (χ1v) is 15.7. The molecule has 0 atom stereocenters. The fraction of sp³-hybridized carbons (Fsp3) is 0. The summed E-state index contributed by atoms with van der Waals surface area (Å²) in [5, 5.41) is 2.07. The Hall–Kier alpha value is -6.66. The van der Waals surface area contributed by atoms with Crippen LogP contribution in [0.2, 0.25) is 0 Å². The quantitative estimate of drug-likeness (QED) is 0.180. The summed E-state index contributed by atoms with van der Waals surface area (Å²) in [5.41, 5.74) is 9.37. The van der Waals surface area contributed by atoms with Crippen LogP contribution in [-0.4, -0.2) is 26.3 Å². The normalized spacial score (nSPS) is 12.6. The Morgan fingerprint density at radius 3 is 1.79 bits per heavy atom. The van der Waals surface area contributed by atoms with Crippen molar-refractivity contribution >= 4 is 39.3 Å². The van der Waals surface area contributed by atoms with Crippen LogP contribution in [0.1, 0.15) is 20.7 Å². The Kier molecular flexibility index (Phi) is 6.33. The van der Waals surface area contributed by atoms with Crippen LogP contribution in [0.5, 0.6) is 0 Å². The minimum Gasteiger partial charge on any atom is -0.308 e. The van der Waals surface area contributed by atoms with Gasteiger partial charge in [0, 0.05) is 34.3 Å². The Bertz CT molecular complexity index is 2480. The molecular weight excluding hydrogens is 592 g/mol. The van der Waals surface area contributed by atoms with Crippen molar-refractivity contribution in [3.63, 3.8) is 0 Å². The number of hydrogen-bond acceptors (Lipinski definition) is 4. The molecule has 6 aromatic carbocycles. The Labute approximate surface area is 276 Å². The summed E-state index contributed by atoms with van der Waals surface area (Å²) in [4.78, 5) is 38.9. The van der Waals surface area contributed by atoms with E-state index in [0.717, 1.165) is 55.2 Å². The highest BCUT2D eigenvalue weighted by Crippen LogP contribution is 2.42. The molecule has 3 heterocycles. The van der Waals surface area contributed by atoms with Crippen LogP contribution >= 0.6 is 0 Å². The van der Waals surface area contributed by atoms with Crippen LogP contribution in [0.15, 0.2) is 158 Å². The summed E-state index contributed by atoms with van der Waals surface area (Å²) < 4.78 is 2.11. The van der Waals surface area contributed by atoms with Gasteiger partial charge in [-0.15, -0.1) is 0 Å². The maximum Gasteiger partial charge on any atom is 0.268 e. The van der Waals surface area contributed by atoms with Crippen LogP contribution in [-0.2, 0) is 0 Å². The highest BCUT2D eigenvalue weighted by atomic mass is 16.2. The molecule has 6 nitrogen and oxygen atoms in total. The predicted octanol–water partition coefficient (Wildman–Crippen LogP) is 9.38. The Morgan fingerprint density at radius 2 is 1.08 bits per heavy atom. The maximum absolute atomic E-state index is 14.7. The number of para-hydroxylation sites is 2. The van der Waals surface area contributed by atoms with Gasteiger partial charge in [0.25, 0.3) is 11.8 Å². The van der Waals surface area contributed by atoms with Crippen molar-refractivity contribution < 1.29 is 9.59 Å². The third-order valence-corrected chi connectivity index (χ3v) is 9.09. The topological polar surface area (TPSA) is 68.1 Å². The SMILES string of the molecule is O=C1c2cccc(-n3c4ccccc4c4cccc(-c5cncnc5)c43)c2C(=O)N1c1cc(-c2ccccc2)cc(-c2ccccc2)c1. The molecule has 8 aromatic rings. The Balaban J connectivity index is 1.27. The summed E-state index contributed by atoms with van der Waals surface area (Å²) in [6.45, 7) is 0. The molecule has 0 saturated carbocycles. The van der Waals surface area contributed by atoms with Crippen LogP contribution in [0.4, 0.5) is 5.69 Å². The lowest BCUT2D eigenvalue weighted by Gasteiger charge is -2.18. The van der Waals surface area contributed by atoms with Gasteiger partial charge in [-0.05, 0) is 58.7 Å². The molecule has 0 N–H and O–H groups in total. The molecule has 2 aromatic heterocycles. The van der Waals surface area contributed by atoms with Crippen molar-refractivity contribution in [2.24, 2.45) is 0 Å². The number of aromatic nitrogens is 3. The molecule has 1 aliphatic heterocycles. The molecule has 0 fully saturated rings. The highest BCUT2D eigenvalue weighted by molar-refractivity contribution is 6.36. The van der Waals surface area contributed by atoms with Crippen molar-refractivity contribution in [2.75, 3.05) is 4.90 Å². The standard InChI is InChI=1S/C42H26N4O2/c47-41-36-18-10-20-38(46-37-19-8-7-15-34(37)35-17-9-16-33(40(35)46)31-24-43-26-44-25-31)39(36)42(48)45(41)32-22-29(27-11-3-1-4-12-27)21-30(23-32)28-13-5-2-6-14-28/h1-26H. The molecule has 9 rings (SSSR count). The number of fused-ring (bicyclic) bond motifs is 4. The fourth-order valence-electron chi connectivity index (χ4n) is 6.96. The van der Waals surface area contributed by atoms with Gasteiger partial charge < -0.3 is 4.57 Å². The van der Waals surface area contributed by atoms with Gasteiger partial charge >= 0.3 is 0 Å². The van der Waals surface area contributed by atoms with Gasteiger partial charge in [0.15, 0.2) is 0 Å². The number of hydrogen-bond donors (Lipinski definition) is 0. The number of amides is 2. The van der Waals surface area contributed by atoms with E-state index >= 15 is 0 Å². The lowest BCUT2D eigenvalue weighted by molar-refractivity contribution is 0.0926. The molecule has 1 aliphatic rings. The summed E-state index contributed by atoms with van der Waals surface area (Å²) in [5.74, 6) is -0.709. The first-order valence-electron chi connectivity index (χ1n) is 15.7. The Morgan fingerprint density at radius 1 is 0.479 bits per heavy atom. The summed E-state index contributed by atoms with van der Waals surface area (Å²) in [6, 6.07) is 45.8. The first kappa shape index (κ1) is 27.6. The number of anilines is 1. The molecule has 6 heteroatoms. The first-order chi connectivity index (χ1) is 23.7. The zero-order valence-corrected chi connectivity index (χ0v) is 25.6. The van der Waals surface area contributed by atoms with Crippen molar-refractivity contribution in [2.45, 2.75) is 0 Å². The van der Waals surface area contributed by atoms with E-state index in [9.17, 15) is 9.59 Å². The second-order valence-corrected chi connectivity index (χ2v) is 11.8. The smallest absolute Gasteiger partial charge is 0.268 e. The average molecular weight is 619 g/mol. The fourth-order valence-corrected chi connectivity index (χ4v) is 6.96. The van der Waals surface area contributed by atoms with E-state index in [1.165, 1.54) is 11.2 Å². The predicted molar refractivity (Wildman–Crippen MR) is 190 cm³/mol. The average Bonchev–Trinajstić information content (AvgIpc) is 3.63. The summed E-state index contributed by atoms with van der Waals surface area (Å²) >= 11 is 0. The monoisotopic (exact) mass is 618 g/mol. The molecule has 0 bridgehead atoms. The minimum absolute atomic E-state index is 0.349. The van der Waals surface area contributed by atoms with Crippen molar-refractivity contribution in [1.29, 1.82) is 0 Å². The van der Waals surface area contributed by atoms with Gasteiger partial charge in [0.05, 0.1) is 33.5 Å². The van der Waals surface area contributed by atoms with Crippen LogP contribution < -0.4 is 4.90 Å². The van der Waals surface area contributed by atoms with Gasteiger partial charge in [0.2, 0.25) is 0 Å². The number of benzene rings is 6. The van der Waals surface area contributed by atoms with E-state index < -0.39 is 0 Å². The summed E-state index contributed by atoms with van der Waals surface area (Å²) in [6.07, 6.45) is 5.09. The van der Waals surface area contributed by atoms with Crippen molar-refractivity contribution in [3.05, 3.63) is 169 Å². The van der Waals surface area contributed by atoms with E-state index in [0.29, 0.717) is 22.5 Å². The van der Waals surface area contributed by atoms with E-state index in [-0.39, 0.29) is 11.8 Å². The lowest BCUT2D eigenvalue weighted by Crippen LogP contribution is -2.29. The largest absolute Gasteiger partial charge is 0.308 e. The number of imide groups is 1. The van der Waals surface area contributed by atoms with E-state index in [1.54, 1.807) is 18.5 Å². The second kappa shape index (κ2) is 11.0. The van der Waals surface area contributed by atoms with Crippen LogP contribution in [0, 0.1) is 0 Å². The van der Waals surface area contributed by atoms with Crippen LogP contribution in [0.3, 0.4) is 0 Å². The highest BCUT2D eigenvalue weighted by Gasteiger charge is 2.40. The van der Waals surface area contributed by atoms with E-state index in [4.69, 9.17) is 0 Å². The molecule has 0 aliphatic carbocycles. The lowest BCUT2D eigenvalue weighted by atomic mass is 9.97. The van der Waals surface area contributed by atoms with Gasteiger partial charge in [-0.2, -0.15) is 0 Å².